The molecule has 2 aromatic rings. The predicted molar refractivity (Wildman–Crippen MR) is 74.3 cm³/mol. The molecule has 2 rings (SSSR count). The van der Waals surface area contributed by atoms with Crippen molar-refractivity contribution in [3.8, 4) is 0 Å². The number of sulfonamides is 1. The van der Waals surface area contributed by atoms with E-state index >= 15 is 0 Å². The lowest BCUT2D eigenvalue weighted by Crippen LogP contribution is -2.15. The summed E-state index contributed by atoms with van der Waals surface area (Å²) in [6.45, 7) is 0. The number of hydrogen-bond donors (Lipinski definition) is 2. The van der Waals surface area contributed by atoms with E-state index in [2.05, 4.69) is 9.71 Å². The van der Waals surface area contributed by atoms with Gasteiger partial charge in [0, 0.05) is 12.3 Å². The maximum absolute atomic E-state index is 12.0. The maximum Gasteiger partial charge on any atom is 0.263 e. The molecular formula is C11H8Cl2N2O3S. The fourth-order valence-electron chi connectivity index (χ4n) is 1.35. The second-order valence-electron chi connectivity index (χ2n) is 3.60. The van der Waals surface area contributed by atoms with Crippen molar-refractivity contribution >= 4 is 38.9 Å². The Labute approximate surface area is 119 Å². The minimum atomic E-state index is -3.83. The number of benzene rings is 1. The number of halogens is 2. The van der Waals surface area contributed by atoms with Gasteiger partial charge in [-0.3, -0.25) is 9.52 Å². The quantitative estimate of drug-likeness (QED) is 0.912. The molecule has 0 atom stereocenters. The van der Waals surface area contributed by atoms with Crippen LogP contribution in [0, 0.1) is 0 Å². The van der Waals surface area contributed by atoms with E-state index < -0.39 is 10.0 Å². The maximum atomic E-state index is 12.0. The highest BCUT2D eigenvalue weighted by atomic mass is 35.5. The average Bonchev–Trinajstić information content (AvgIpc) is 2.35. The Morgan fingerprint density at radius 3 is 2.47 bits per heavy atom. The van der Waals surface area contributed by atoms with Crippen LogP contribution in [0.4, 0.5) is 5.69 Å². The topological polar surface area (TPSA) is 79.0 Å². The molecule has 0 fully saturated rings. The highest BCUT2D eigenvalue weighted by molar-refractivity contribution is 7.92. The summed E-state index contributed by atoms with van der Waals surface area (Å²) in [4.78, 5) is 13.1. The molecule has 0 radical (unpaired) electrons. The highest BCUT2D eigenvalue weighted by Gasteiger charge is 2.16. The van der Waals surface area contributed by atoms with Crippen molar-refractivity contribution in [1.82, 2.24) is 4.98 Å². The SMILES string of the molecule is O=c1ccc(S(=O)(=O)Nc2cccc(Cl)c2Cl)c[nH]1. The normalized spacial score (nSPS) is 11.3. The first kappa shape index (κ1) is 13.9. The summed E-state index contributed by atoms with van der Waals surface area (Å²) >= 11 is 11.7. The van der Waals surface area contributed by atoms with Crippen LogP contribution in [0.5, 0.6) is 0 Å². The molecule has 5 nitrogen and oxygen atoms in total. The van der Waals surface area contributed by atoms with Gasteiger partial charge >= 0.3 is 0 Å². The van der Waals surface area contributed by atoms with Gasteiger partial charge in [0.2, 0.25) is 5.56 Å². The molecule has 0 spiro atoms. The van der Waals surface area contributed by atoms with Gasteiger partial charge in [-0.2, -0.15) is 0 Å². The number of aromatic amines is 1. The molecule has 100 valence electrons. The average molecular weight is 319 g/mol. The van der Waals surface area contributed by atoms with E-state index in [1.807, 2.05) is 0 Å². The van der Waals surface area contributed by atoms with Crippen LogP contribution in [0.15, 0.2) is 46.2 Å². The lowest BCUT2D eigenvalue weighted by Gasteiger charge is -2.09. The summed E-state index contributed by atoms with van der Waals surface area (Å²) in [5.41, 5.74) is -0.222. The van der Waals surface area contributed by atoms with Crippen LogP contribution in [-0.4, -0.2) is 13.4 Å². The molecule has 1 heterocycles. The minimum absolute atomic E-state index is 0.0804. The molecule has 1 aromatic heterocycles. The van der Waals surface area contributed by atoms with Gasteiger partial charge in [-0.15, -0.1) is 0 Å². The van der Waals surface area contributed by atoms with Gasteiger partial charge in [-0.25, -0.2) is 8.42 Å². The Kier molecular flexibility index (Phi) is 3.84. The molecule has 0 unspecified atom stereocenters. The lowest BCUT2D eigenvalue weighted by atomic mass is 10.3. The van der Waals surface area contributed by atoms with Gasteiger partial charge in [0.15, 0.2) is 0 Å². The van der Waals surface area contributed by atoms with Crippen LogP contribution in [0.1, 0.15) is 0 Å². The van der Waals surface area contributed by atoms with Gasteiger partial charge in [-0.05, 0) is 18.2 Å². The third kappa shape index (κ3) is 3.09. The van der Waals surface area contributed by atoms with Gasteiger partial charge in [-0.1, -0.05) is 29.3 Å². The van der Waals surface area contributed by atoms with E-state index in [1.165, 1.54) is 12.1 Å². The monoisotopic (exact) mass is 318 g/mol. The molecule has 0 saturated carbocycles. The molecule has 0 aliphatic heterocycles. The van der Waals surface area contributed by atoms with Gasteiger partial charge in [0.25, 0.3) is 10.0 Å². The second kappa shape index (κ2) is 5.24. The molecule has 1 aromatic carbocycles. The largest absolute Gasteiger partial charge is 0.328 e. The Bertz CT molecular complexity index is 751. The summed E-state index contributed by atoms with van der Waals surface area (Å²) in [6.07, 6.45) is 1.10. The molecule has 8 heteroatoms. The van der Waals surface area contributed by atoms with Crippen molar-refractivity contribution in [3.63, 3.8) is 0 Å². The van der Waals surface area contributed by atoms with Crippen molar-refractivity contribution < 1.29 is 8.42 Å². The van der Waals surface area contributed by atoms with Crippen molar-refractivity contribution in [2.45, 2.75) is 4.90 Å². The van der Waals surface area contributed by atoms with Crippen LogP contribution in [0.3, 0.4) is 0 Å². The Hall–Kier alpha value is -1.50. The number of rotatable bonds is 3. The van der Waals surface area contributed by atoms with E-state index in [1.54, 1.807) is 12.1 Å². The number of hydrogen-bond acceptors (Lipinski definition) is 3. The smallest absolute Gasteiger partial charge is 0.263 e. The molecular weight excluding hydrogens is 311 g/mol. The van der Waals surface area contributed by atoms with Crippen molar-refractivity contribution in [1.29, 1.82) is 0 Å². The molecule has 0 aliphatic rings. The summed E-state index contributed by atoms with van der Waals surface area (Å²) in [6, 6.07) is 6.91. The van der Waals surface area contributed by atoms with E-state index in [-0.39, 0.29) is 26.2 Å². The molecule has 0 saturated heterocycles. The summed E-state index contributed by atoms with van der Waals surface area (Å²) in [5, 5.41) is 0.348. The summed E-state index contributed by atoms with van der Waals surface area (Å²) in [7, 11) is -3.83. The van der Waals surface area contributed by atoms with Crippen molar-refractivity contribution in [2.75, 3.05) is 4.72 Å². The van der Waals surface area contributed by atoms with Crippen molar-refractivity contribution in [3.05, 3.63) is 56.9 Å². The van der Waals surface area contributed by atoms with Crippen LogP contribution >= 0.6 is 23.2 Å². The highest BCUT2D eigenvalue weighted by Crippen LogP contribution is 2.30. The fourth-order valence-corrected chi connectivity index (χ4v) is 2.79. The number of H-pyrrole nitrogens is 1. The molecule has 2 N–H and O–H groups in total. The number of aromatic nitrogens is 1. The molecule has 0 amide bonds. The van der Waals surface area contributed by atoms with Gasteiger partial charge in [0.05, 0.1) is 15.7 Å². The fraction of sp³-hybridized carbons (Fsp3) is 0. The Morgan fingerprint density at radius 2 is 1.84 bits per heavy atom. The lowest BCUT2D eigenvalue weighted by molar-refractivity contribution is 0.600. The van der Waals surface area contributed by atoms with E-state index in [4.69, 9.17) is 23.2 Å². The zero-order valence-corrected chi connectivity index (χ0v) is 11.7. The van der Waals surface area contributed by atoms with E-state index in [0.29, 0.717) is 0 Å². The summed E-state index contributed by atoms with van der Waals surface area (Å²) in [5.74, 6) is 0. The predicted octanol–water partition coefficient (Wildman–Crippen LogP) is 2.48. The van der Waals surface area contributed by atoms with E-state index in [0.717, 1.165) is 12.3 Å². The van der Waals surface area contributed by atoms with Crippen LogP contribution in [0.25, 0.3) is 0 Å². The second-order valence-corrected chi connectivity index (χ2v) is 6.06. The van der Waals surface area contributed by atoms with Crippen LogP contribution < -0.4 is 10.3 Å². The van der Waals surface area contributed by atoms with Gasteiger partial charge in [0.1, 0.15) is 4.90 Å². The number of anilines is 1. The van der Waals surface area contributed by atoms with E-state index in [9.17, 15) is 13.2 Å². The van der Waals surface area contributed by atoms with Crippen LogP contribution in [0.2, 0.25) is 10.0 Å². The molecule has 0 aliphatic carbocycles. The zero-order valence-electron chi connectivity index (χ0n) is 9.35. The Morgan fingerprint density at radius 1 is 1.11 bits per heavy atom. The summed E-state index contributed by atoms with van der Waals surface area (Å²) < 4.78 is 26.4. The third-order valence-corrected chi connectivity index (χ3v) is 4.44. The third-order valence-electron chi connectivity index (χ3n) is 2.26. The van der Waals surface area contributed by atoms with Crippen molar-refractivity contribution in [2.24, 2.45) is 0 Å². The van der Waals surface area contributed by atoms with Gasteiger partial charge < -0.3 is 4.98 Å². The zero-order chi connectivity index (χ0) is 14.0. The first-order valence-corrected chi connectivity index (χ1v) is 7.29. The molecule has 19 heavy (non-hydrogen) atoms. The minimum Gasteiger partial charge on any atom is -0.328 e. The first-order valence-electron chi connectivity index (χ1n) is 5.06. The Balaban J connectivity index is 2.39. The standard InChI is InChI=1S/C11H8Cl2N2O3S/c12-8-2-1-3-9(11(8)13)15-19(17,18)7-4-5-10(16)14-6-7/h1-6,15H,(H,14,16). The number of pyridine rings is 1. The van der Waals surface area contributed by atoms with Crippen LogP contribution in [-0.2, 0) is 10.0 Å². The first-order chi connectivity index (χ1) is 8.90. The number of nitrogens with one attached hydrogen (secondary N) is 2. The molecule has 0 bridgehead atoms.